The van der Waals surface area contributed by atoms with Crippen LogP contribution in [0.3, 0.4) is 0 Å². The first-order chi connectivity index (χ1) is 8.15. The number of carbonyl (C=O) groups excluding carboxylic acids is 1. The number of anilines is 1. The van der Waals surface area contributed by atoms with Crippen molar-refractivity contribution in [3.63, 3.8) is 0 Å². The molecule has 0 aliphatic carbocycles. The monoisotopic (exact) mass is 248 g/mol. The zero-order valence-corrected chi connectivity index (χ0v) is 10.4. The number of esters is 1. The topological polar surface area (TPSA) is 65.2 Å². The average Bonchev–Trinajstić information content (AvgIpc) is 2.71. The molecule has 0 unspecified atom stereocenters. The van der Waals surface area contributed by atoms with E-state index in [9.17, 15) is 4.79 Å². The number of methoxy groups -OCH3 is 1. The van der Waals surface area contributed by atoms with Crippen molar-refractivity contribution in [1.29, 1.82) is 0 Å². The molecule has 2 rings (SSSR count). The van der Waals surface area contributed by atoms with E-state index in [0.717, 1.165) is 22.7 Å². The van der Waals surface area contributed by atoms with Crippen molar-refractivity contribution in [3.05, 3.63) is 34.7 Å². The van der Waals surface area contributed by atoms with Crippen molar-refractivity contribution in [1.82, 2.24) is 4.37 Å². The van der Waals surface area contributed by atoms with E-state index in [-0.39, 0.29) is 0 Å². The van der Waals surface area contributed by atoms with Crippen molar-refractivity contribution in [2.45, 2.75) is 6.92 Å². The average molecular weight is 248 g/mol. The van der Waals surface area contributed by atoms with Gasteiger partial charge in [0.05, 0.1) is 12.8 Å². The van der Waals surface area contributed by atoms with Gasteiger partial charge in [-0.05, 0) is 24.0 Å². The normalized spacial score (nSPS) is 10.2. The Morgan fingerprint density at radius 1 is 1.41 bits per heavy atom. The van der Waals surface area contributed by atoms with E-state index >= 15 is 0 Å². The van der Waals surface area contributed by atoms with Crippen LogP contribution in [0.25, 0.3) is 11.3 Å². The van der Waals surface area contributed by atoms with Gasteiger partial charge in [-0.1, -0.05) is 24.3 Å². The summed E-state index contributed by atoms with van der Waals surface area (Å²) in [7, 11) is 1.33. The molecule has 0 saturated heterocycles. The van der Waals surface area contributed by atoms with Gasteiger partial charge in [0, 0.05) is 5.56 Å². The summed E-state index contributed by atoms with van der Waals surface area (Å²) < 4.78 is 8.88. The quantitative estimate of drug-likeness (QED) is 0.829. The predicted octanol–water partition coefficient (Wildman–Crippen LogP) is 2.49. The van der Waals surface area contributed by atoms with Gasteiger partial charge in [0.2, 0.25) is 0 Å². The summed E-state index contributed by atoms with van der Waals surface area (Å²) >= 11 is 1.06. The summed E-state index contributed by atoms with van der Waals surface area (Å²) in [6.45, 7) is 1.98. The number of hydrogen-bond acceptors (Lipinski definition) is 5. The van der Waals surface area contributed by atoms with Crippen molar-refractivity contribution >= 4 is 23.2 Å². The lowest BCUT2D eigenvalue weighted by Gasteiger charge is -2.03. The standard InChI is InChI=1S/C12H12N2O2S/c1-7-5-3-4-6-8(7)10-9(13)11(17-14-10)12(15)16-2/h3-6H,13H2,1-2H3. The van der Waals surface area contributed by atoms with E-state index in [1.54, 1.807) is 0 Å². The van der Waals surface area contributed by atoms with Crippen LogP contribution in [0, 0.1) is 6.92 Å². The van der Waals surface area contributed by atoms with Gasteiger partial charge in [-0.25, -0.2) is 4.79 Å². The first-order valence-electron chi connectivity index (χ1n) is 5.04. The number of nitrogen functional groups attached to an aromatic ring is 1. The van der Waals surface area contributed by atoms with Gasteiger partial charge in [0.25, 0.3) is 0 Å². The van der Waals surface area contributed by atoms with E-state index in [2.05, 4.69) is 9.11 Å². The highest BCUT2D eigenvalue weighted by Crippen LogP contribution is 2.32. The third-order valence-corrected chi connectivity index (χ3v) is 3.34. The molecule has 0 atom stereocenters. The highest BCUT2D eigenvalue weighted by Gasteiger charge is 2.19. The number of benzene rings is 1. The molecule has 0 bridgehead atoms. The fourth-order valence-corrected chi connectivity index (χ4v) is 2.30. The van der Waals surface area contributed by atoms with Gasteiger partial charge < -0.3 is 10.5 Å². The number of nitrogens with two attached hydrogens (primary N) is 1. The van der Waals surface area contributed by atoms with Crippen LogP contribution in [0.5, 0.6) is 0 Å². The molecule has 0 aliphatic rings. The number of carbonyl (C=O) groups is 1. The minimum atomic E-state index is -0.445. The Kier molecular flexibility index (Phi) is 3.10. The molecule has 0 fully saturated rings. The molecule has 1 heterocycles. The Labute approximate surface area is 103 Å². The minimum absolute atomic E-state index is 0.353. The summed E-state index contributed by atoms with van der Waals surface area (Å²) in [4.78, 5) is 11.8. The number of nitrogens with zero attached hydrogens (tertiary/aromatic N) is 1. The SMILES string of the molecule is COC(=O)c1snc(-c2ccccc2C)c1N. The van der Waals surface area contributed by atoms with E-state index in [1.165, 1.54) is 7.11 Å². The smallest absolute Gasteiger partial charge is 0.351 e. The first kappa shape index (κ1) is 11.6. The second-order valence-electron chi connectivity index (χ2n) is 3.58. The summed E-state index contributed by atoms with van der Waals surface area (Å²) in [5, 5.41) is 0. The molecule has 2 aromatic rings. The molecule has 88 valence electrons. The molecule has 0 saturated carbocycles. The largest absolute Gasteiger partial charge is 0.465 e. The Hall–Kier alpha value is -1.88. The second kappa shape index (κ2) is 4.55. The zero-order chi connectivity index (χ0) is 12.4. The van der Waals surface area contributed by atoms with Crippen LogP contribution >= 0.6 is 11.5 Å². The molecular formula is C12H12N2O2S. The lowest BCUT2D eigenvalue weighted by atomic mass is 10.0. The summed E-state index contributed by atoms with van der Waals surface area (Å²) in [5.74, 6) is -0.445. The van der Waals surface area contributed by atoms with Crippen molar-refractivity contribution in [3.8, 4) is 11.3 Å². The molecule has 1 aromatic heterocycles. The Morgan fingerprint density at radius 2 is 2.12 bits per heavy atom. The van der Waals surface area contributed by atoms with E-state index in [4.69, 9.17) is 5.73 Å². The number of aromatic nitrogens is 1. The van der Waals surface area contributed by atoms with Gasteiger partial charge in [0.1, 0.15) is 5.69 Å². The van der Waals surface area contributed by atoms with E-state index in [1.807, 2.05) is 31.2 Å². The van der Waals surface area contributed by atoms with Crippen LogP contribution in [0.1, 0.15) is 15.2 Å². The zero-order valence-electron chi connectivity index (χ0n) is 9.56. The van der Waals surface area contributed by atoms with Crippen LogP contribution in [-0.4, -0.2) is 17.5 Å². The number of ether oxygens (including phenoxy) is 1. The van der Waals surface area contributed by atoms with Crippen LogP contribution in [0.15, 0.2) is 24.3 Å². The maximum atomic E-state index is 11.4. The van der Waals surface area contributed by atoms with Crippen molar-refractivity contribution in [2.75, 3.05) is 12.8 Å². The Balaban J connectivity index is 2.52. The third kappa shape index (κ3) is 2.01. The van der Waals surface area contributed by atoms with Gasteiger partial charge in [-0.15, -0.1) is 0 Å². The summed E-state index contributed by atoms with van der Waals surface area (Å²) in [5.41, 5.74) is 8.97. The molecule has 4 nitrogen and oxygen atoms in total. The number of hydrogen-bond donors (Lipinski definition) is 1. The molecule has 5 heteroatoms. The lowest BCUT2D eigenvalue weighted by Crippen LogP contribution is -2.02. The molecule has 0 spiro atoms. The molecular weight excluding hydrogens is 236 g/mol. The highest BCUT2D eigenvalue weighted by molar-refractivity contribution is 7.09. The Bertz CT molecular complexity index is 563. The maximum Gasteiger partial charge on any atom is 0.351 e. The van der Waals surface area contributed by atoms with Gasteiger partial charge >= 0.3 is 5.97 Å². The van der Waals surface area contributed by atoms with Crippen LogP contribution in [0.2, 0.25) is 0 Å². The second-order valence-corrected chi connectivity index (χ2v) is 4.35. The molecule has 1 aromatic carbocycles. The number of rotatable bonds is 2. The van der Waals surface area contributed by atoms with Crippen LogP contribution in [-0.2, 0) is 4.74 Å². The van der Waals surface area contributed by atoms with Crippen LogP contribution in [0.4, 0.5) is 5.69 Å². The highest BCUT2D eigenvalue weighted by atomic mass is 32.1. The van der Waals surface area contributed by atoms with Gasteiger partial charge in [-0.2, -0.15) is 4.37 Å². The van der Waals surface area contributed by atoms with Gasteiger partial charge in [-0.3, -0.25) is 0 Å². The third-order valence-electron chi connectivity index (χ3n) is 2.50. The van der Waals surface area contributed by atoms with E-state index < -0.39 is 5.97 Å². The Morgan fingerprint density at radius 3 is 2.76 bits per heavy atom. The van der Waals surface area contributed by atoms with Gasteiger partial charge in [0.15, 0.2) is 4.88 Å². The maximum absolute atomic E-state index is 11.4. The fourth-order valence-electron chi connectivity index (χ4n) is 1.57. The minimum Gasteiger partial charge on any atom is -0.465 e. The molecule has 0 amide bonds. The lowest BCUT2D eigenvalue weighted by molar-refractivity contribution is 0.0607. The van der Waals surface area contributed by atoms with Crippen molar-refractivity contribution < 1.29 is 9.53 Å². The molecule has 0 aliphatic heterocycles. The number of aryl methyl sites for hydroxylation is 1. The fraction of sp³-hybridized carbons (Fsp3) is 0.167. The summed E-state index contributed by atoms with van der Waals surface area (Å²) in [6, 6.07) is 7.77. The predicted molar refractivity (Wildman–Crippen MR) is 68.0 cm³/mol. The van der Waals surface area contributed by atoms with Crippen LogP contribution < -0.4 is 5.73 Å². The molecule has 17 heavy (non-hydrogen) atoms. The first-order valence-corrected chi connectivity index (χ1v) is 5.82. The van der Waals surface area contributed by atoms with Crippen molar-refractivity contribution in [2.24, 2.45) is 0 Å². The summed E-state index contributed by atoms with van der Waals surface area (Å²) in [6.07, 6.45) is 0. The van der Waals surface area contributed by atoms with E-state index in [0.29, 0.717) is 16.3 Å². The molecule has 2 N–H and O–H groups in total. The molecule has 0 radical (unpaired) electrons.